The molecule has 2 fully saturated rings. The van der Waals surface area contributed by atoms with Crippen molar-refractivity contribution in [3.05, 3.63) is 68.3 Å². The fourth-order valence-corrected chi connectivity index (χ4v) is 8.15. The predicted molar refractivity (Wildman–Crippen MR) is 126 cm³/mol. The largest absolute Gasteiger partial charge is 0.458 e. The lowest BCUT2D eigenvalue weighted by molar-refractivity contribution is -0.155. The van der Waals surface area contributed by atoms with Crippen LogP contribution in [0, 0.1) is 5.82 Å². The maximum atomic E-state index is 13.5. The van der Waals surface area contributed by atoms with E-state index in [4.69, 9.17) is 4.74 Å². The summed E-state index contributed by atoms with van der Waals surface area (Å²) < 4.78 is 20.7. The van der Waals surface area contributed by atoms with Crippen LogP contribution >= 0.6 is 23.1 Å². The fraction of sp³-hybridized carbons (Fsp3) is 0.417. The molecular formula is C24H22FN3O4S2. The molecule has 10 heteroatoms. The second-order valence-corrected chi connectivity index (χ2v) is 11.2. The number of amides is 1. The number of halogens is 1. The molecule has 3 aliphatic rings. The first kappa shape index (κ1) is 21.8. The van der Waals surface area contributed by atoms with Gasteiger partial charge in [-0.05, 0) is 49.8 Å². The lowest BCUT2D eigenvalue weighted by Gasteiger charge is -2.33. The van der Waals surface area contributed by atoms with Gasteiger partial charge in [0, 0.05) is 28.8 Å². The van der Waals surface area contributed by atoms with E-state index in [2.05, 4.69) is 4.98 Å². The number of aryl methyl sites for hydroxylation is 2. The van der Waals surface area contributed by atoms with Gasteiger partial charge in [0.05, 0.1) is 5.69 Å². The molecule has 1 aromatic carbocycles. The van der Waals surface area contributed by atoms with E-state index in [0.717, 1.165) is 36.9 Å². The van der Waals surface area contributed by atoms with Gasteiger partial charge >= 0.3 is 5.97 Å². The molecule has 7 nitrogen and oxygen atoms in total. The van der Waals surface area contributed by atoms with Gasteiger partial charge in [-0.2, -0.15) is 0 Å². The van der Waals surface area contributed by atoms with Crippen LogP contribution in [0.2, 0.25) is 0 Å². The summed E-state index contributed by atoms with van der Waals surface area (Å²) in [4.78, 5) is 45.9. The quantitative estimate of drug-likeness (QED) is 0.512. The van der Waals surface area contributed by atoms with Crippen molar-refractivity contribution in [2.24, 2.45) is 0 Å². The Labute approximate surface area is 202 Å². The molecule has 4 heterocycles. The first-order chi connectivity index (χ1) is 16.5. The van der Waals surface area contributed by atoms with Crippen molar-refractivity contribution in [2.75, 3.05) is 5.75 Å². The minimum Gasteiger partial charge on any atom is -0.458 e. The number of hydrogen-bond acceptors (Lipinski definition) is 7. The highest BCUT2D eigenvalue weighted by molar-refractivity contribution is 8.00. The van der Waals surface area contributed by atoms with Crippen molar-refractivity contribution in [3.63, 3.8) is 0 Å². The third-order valence-electron chi connectivity index (χ3n) is 6.87. The highest BCUT2D eigenvalue weighted by Gasteiger charge is 2.57. The lowest BCUT2D eigenvalue weighted by atomic mass is 10.0. The van der Waals surface area contributed by atoms with Crippen LogP contribution in [-0.4, -0.2) is 38.0 Å². The van der Waals surface area contributed by atoms with Crippen LogP contribution in [0.4, 0.5) is 4.39 Å². The number of thioether (sulfide) groups is 1. The summed E-state index contributed by atoms with van der Waals surface area (Å²) in [7, 11) is 0. The van der Waals surface area contributed by atoms with E-state index >= 15 is 0 Å². The van der Waals surface area contributed by atoms with Gasteiger partial charge in [0.1, 0.15) is 23.3 Å². The van der Waals surface area contributed by atoms with Gasteiger partial charge in [-0.25, -0.2) is 14.2 Å². The average Bonchev–Trinajstić information content (AvgIpc) is 3.50. The third kappa shape index (κ3) is 3.38. The maximum Gasteiger partial charge on any atom is 0.330 e. The van der Waals surface area contributed by atoms with Crippen molar-refractivity contribution in [1.29, 1.82) is 0 Å². The number of carbonyl (C=O) groups excluding carboxylic acids is 2. The minimum atomic E-state index is -0.732. The van der Waals surface area contributed by atoms with E-state index in [-0.39, 0.29) is 23.9 Å². The molecule has 0 N–H and O–H groups in total. The predicted octanol–water partition coefficient (Wildman–Crippen LogP) is 3.41. The van der Waals surface area contributed by atoms with Crippen LogP contribution in [0.25, 0.3) is 4.96 Å². The Kier molecular flexibility index (Phi) is 5.25. The molecule has 2 aromatic heterocycles. The van der Waals surface area contributed by atoms with Crippen LogP contribution in [-0.2, 0) is 38.6 Å². The monoisotopic (exact) mass is 499 g/mol. The number of esters is 1. The molecule has 6 rings (SSSR count). The number of ether oxygens (including phenoxy) is 1. The molecule has 1 amide bonds. The molecule has 2 atom stereocenters. The van der Waals surface area contributed by atoms with Crippen LogP contribution in [0.1, 0.15) is 47.5 Å². The van der Waals surface area contributed by atoms with Gasteiger partial charge in [-0.15, -0.1) is 23.1 Å². The summed E-state index contributed by atoms with van der Waals surface area (Å²) in [5, 5.41) is 0. The molecule has 2 aliphatic heterocycles. The molecular weight excluding hydrogens is 477 g/mol. The van der Waals surface area contributed by atoms with E-state index in [1.54, 1.807) is 21.4 Å². The number of nitrogens with zero attached hydrogens (tertiary/aromatic N) is 3. The second kappa shape index (κ2) is 8.20. The summed E-state index contributed by atoms with van der Waals surface area (Å²) in [6.07, 6.45) is 4.91. The van der Waals surface area contributed by atoms with Crippen LogP contribution in [0.5, 0.6) is 0 Å². The Morgan fingerprint density at radius 1 is 1.18 bits per heavy atom. The topological polar surface area (TPSA) is 81.0 Å². The molecule has 1 aliphatic carbocycles. The molecule has 0 unspecified atom stereocenters. The van der Waals surface area contributed by atoms with Crippen molar-refractivity contribution in [3.8, 4) is 0 Å². The van der Waals surface area contributed by atoms with E-state index in [9.17, 15) is 18.8 Å². The maximum absolute atomic E-state index is 13.5. The average molecular weight is 500 g/mol. The van der Waals surface area contributed by atoms with Gasteiger partial charge in [-0.3, -0.25) is 14.0 Å². The number of benzene rings is 1. The normalized spacial score (nSPS) is 23.9. The molecule has 0 bridgehead atoms. The fourth-order valence-electron chi connectivity index (χ4n) is 5.28. The first-order valence-electron chi connectivity index (χ1n) is 11.4. The van der Waals surface area contributed by atoms with Crippen molar-refractivity contribution >= 4 is 39.9 Å². The Balaban J connectivity index is 1.22. The van der Waals surface area contributed by atoms with Crippen molar-refractivity contribution < 1.29 is 18.7 Å². The zero-order valence-corrected chi connectivity index (χ0v) is 19.9. The smallest absolute Gasteiger partial charge is 0.330 e. The van der Waals surface area contributed by atoms with Gasteiger partial charge in [0.25, 0.3) is 5.56 Å². The number of hydrogen-bond donors (Lipinski definition) is 0. The van der Waals surface area contributed by atoms with Gasteiger partial charge in [0.15, 0.2) is 4.96 Å². The molecule has 0 spiro atoms. The number of carbonyl (C=O) groups is 2. The summed E-state index contributed by atoms with van der Waals surface area (Å²) in [5.74, 6) is -0.575. The Morgan fingerprint density at radius 2 is 1.97 bits per heavy atom. The summed E-state index contributed by atoms with van der Waals surface area (Å²) in [5.41, 5.74) is 2.11. The Bertz CT molecular complexity index is 1370. The van der Waals surface area contributed by atoms with E-state index in [0.29, 0.717) is 29.2 Å². The van der Waals surface area contributed by atoms with Crippen molar-refractivity contribution in [1.82, 2.24) is 14.3 Å². The van der Waals surface area contributed by atoms with Crippen LogP contribution in [0.3, 0.4) is 0 Å². The van der Waals surface area contributed by atoms with Crippen molar-refractivity contribution in [2.45, 2.75) is 56.0 Å². The molecule has 34 heavy (non-hydrogen) atoms. The van der Waals surface area contributed by atoms with Gasteiger partial charge in [0.2, 0.25) is 5.91 Å². The lowest BCUT2D eigenvalue weighted by Crippen LogP contribution is -2.46. The molecule has 2 saturated heterocycles. The summed E-state index contributed by atoms with van der Waals surface area (Å²) >= 11 is 3.04. The summed E-state index contributed by atoms with van der Waals surface area (Å²) in [6, 6.07) is 6.79. The SMILES string of the molecule is O=C(OCc1cc(=O)n2c3c(sc2n1)CCCC3)[C@@H]1CS[C@@]2(c3ccc(F)cc3)CCC(=O)N12. The first-order valence-corrected chi connectivity index (χ1v) is 13.2. The molecule has 3 aromatic rings. The standard InChI is InChI=1S/C24H22FN3O4S2/c25-15-7-5-14(6-8-15)24-10-9-20(29)28(24)18(13-33-24)22(31)32-12-16-11-21(30)27-17-3-1-2-4-19(17)34-23(27)26-16/h5-8,11,18H,1-4,9-10,12-13H2/t18-,24+/m0/s1. The van der Waals surface area contributed by atoms with Gasteiger partial charge in [-0.1, -0.05) is 12.1 Å². The molecule has 176 valence electrons. The van der Waals surface area contributed by atoms with E-state index < -0.39 is 16.9 Å². The van der Waals surface area contributed by atoms with E-state index in [1.807, 2.05) is 0 Å². The minimum absolute atomic E-state index is 0.113. The second-order valence-electron chi connectivity index (χ2n) is 8.87. The number of rotatable bonds is 4. The number of thiazole rings is 1. The molecule has 0 radical (unpaired) electrons. The third-order valence-corrected chi connectivity index (χ3v) is 9.61. The number of aromatic nitrogens is 2. The Morgan fingerprint density at radius 3 is 2.79 bits per heavy atom. The van der Waals surface area contributed by atoms with Crippen LogP contribution in [0.15, 0.2) is 35.1 Å². The zero-order chi connectivity index (χ0) is 23.4. The Hall–Kier alpha value is -2.72. The zero-order valence-electron chi connectivity index (χ0n) is 18.3. The van der Waals surface area contributed by atoms with Gasteiger partial charge < -0.3 is 9.64 Å². The number of fused-ring (bicyclic) bond motifs is 4. The summed E-state index contributed by atoms with van der Waals surface area (Å²) in [6.45, 7) is -0.125. The van der Waals surface area contributed by atoms with E-state index in [1.165, 1.54) is 46.2 Å². The molecule has 0 saturated carbocycles. The highest BCUT2D eigenvalue weighted by Crippen LogP contribution is 2.54. The van der Waals surface area contributed by atoms with Crippen LogP contribution < -0.4 is 5.56 Å². The highest BCUT2D eigenvalue weighted by atomic mass is 32.2.